The maximum Gasteiger partial charge on any atom is 0.226 e. The lowest BCUT2D eigenvalue weighted by Gasteiger charge is -2.21. The molecule has 2 aromatic heterocycles. The molecule has 0 aliphatic rings. The fourth-order valence-corrected chi connectivity index (χ4v) is 1.87. The molecule has 0 radical (unpaired) electrons. The number of nitrogens with zero attached hydrogens (tertiary/aromatic N) is 4. The maximum atomic E-state index is 5.66. The first-order valence-electron chi connectivity index (χ1n) is 6.42. The summed E-state index contributed by atoms with van der Waals surface area (Å²) in [7, 11) is 0. The lowest BCUT2D eigenvalue weighted by molar-refractivity contribution is 0.762. The smallest absolute Gasteiger partial charge is 0.226 e. The molecule has 19 heavy (non-hydrogen) atoms. The van der Waals surface area contributed by atoms with E-state index >= 15 is 0 Å². The van der Waals surface area contributed by atoms with Crippen LogP contribution in [0.15, 0.2) is 30.5 Å². The zero-order valence-corrected chi connectivity index (χ0v) is 11.4. The van der Waals surface area contributed by atoms with Gasteiger partial charge in [-0.25, -0.2) is 9.97 Å². The predicted molar refractivity (Wildman–Crippen MR) is 75.6 cm³/mol. The molecular weight excluding hydrogens is 238 g/mol. The fraction of sp³-hybridized carbons (Fsp3) is 0.357. The average Bonchev–Trinajstić information content (AvgIpc) is 2.45. The van der Waals surface area contributed by atoms with Crippen molar-refractivity contribution in [2.45, 2.75) is 26.9 Å². The van der Waals surface area contributed by atoms with Crippen molar-refractivity contribution < 1.29 is 0 Å². The van der Waals surface area contributed by atoms with E-state index in [0.29, 0.717) is 19.0 Å². The van der Waals surface area contributed by atoms with Gasteiger partial charge in [-0.2, -0.15) is 0 Å². The second-order valence-corrected chi connectivity index (χ2v) is 4.34. The zero-order valence-electron chi connectivity index (χ0n) is 11.4. The maximum absolute atomic E-state index is 5.66. The molecule has 0 spiro atoms. The van der Waals surface area contributed by atoms with Crippen molar-refractivity contribution in [2.24, 2.45) is 5.73 Å². The van der Waals surface area contributed by atoms with Crippen LogP contribution in [0.3, 0.4) is 0 Å². The summed E-state index contributed by atoms with van der Waals surface area (Å²) in [5.74, 6) is 0.716. The van der Waals surface area contributed by atoms with Crippen LogP contribution in [-0.4, -0.2) is 21.5 Å². The molecular formula is C14H19N5. The molecule has 0 aromatic carbocycles. The third-order valence-electron chi connectivity index (χ3n) is 2.85. The monoisotopic (exact) mass is 257 g/mol. The SMILES string of the molecule is CCN(Cc1ccccn1)c1nc(C)cc(CN)n1. The molecule has 0 fully saturated rings. The van der Waals surface area contributed by atoms with Gasteiger partial charge in [0, 0.05) is 25.0 Å². The highest BCUT2D eigenvalue weighted by atomic mass is 15.3. The van der Waals surface area contributed by atoms with Crippen LogP contribution in [0.1, 0.15) is 24.0 Å². The number of aryl methyl sites for hydroxylation is 1. The summed E-state index contributed by atoms with van der Waals surface area (Å²) in [6.07, 6.45) is 1.80. The Labute approximate surface area is 113 Å². The van der Waals surface area contributed by atoms with Gasteiger partial charge in [-0.05, 0) is 32.0 Å². The minimum atomic E-state index is 0.428. The van der Waals surface area contributed by atoms with Gasteiger partial charge >= 0.3 is 0 Å². The molecule has 0 aliphatic heterocycles. The second-order valence-electron chi connectivity index (χ2n) is 4.34. The molecule has 2 rings (SSSR count). The molecule has 2 N–H and O–H groups in total. The predicted octanol–water partition coefficient (Wildman–Crippen LogP) is 1.67. The Hall–Kier alpha value is -2.01. The lowest BCUT2D eigenvalue weighted by atomic mass is 10.3. The van der Waals surface area contributed by atoms with Crippen LogP contribution in [0.25, 0.3) is 0 Å². The molecule has 0 aliphatic carbocycles. The normalized spacial score (nSPS) is 10.5. The van der Waals surface area contributed by atoms with E-state index in [1.54, 1.807) is 6.20 Å². The van der Waals surface area contributed by atoms with E-state index in [1.807, 2.05) is 31.2 Å². The first kappa shape index (κ1) is 13.4. The van der Waals surface area contributed by atoms with E-state index in [4.69, 9.17) is 5.73 Å². The quantitative estimate of drug-likeness (QED) is 0.882. The number of rotatable bonds is 5. The molecule has 0 amide bonds. The Morgan fingerprint density at radius 1 is 1.21 bits per heavy atom. The summed E-state index contributed by atoms with van der Waals surface area (Å²) in [4.78, 5) is 15.4. The Balaban J connectivity index is 2.24. The van der Waals surface area contributed by atoms with Crippen LogP contribution in [0, 0.1) is 6.92 Å². The van der Waals surface area contributed by atoms with Crippen molar-refractivity contribution >= 4 is 5.95 Å². The Morgan fingerprint density at radius 3 is 2.68 bits per heavy atom. The van der Waals surface area contributed by atoms with Crippen molar-refractivity contribution in [3.05, 3.63) is 47.5 Å². The summed E-state index contributed by atoms with van der Waals surface area (Å²) in [5, 5.41) is 0. The van der Waals surface area contributed by atoms with Gasteiger partial charge in [0.25, 0.3) is 0 Å². The van der Waals surface area contributed by atoms with Gasteiger partial charge in [0.15, 0.2) is 0 Å². The third-order valence-corrected chi connectivity index (χ3v) is 2.85. The van der Waals surface area contributed by atoms with Crippen molar-refractivity contribution in [1.82, 2.24) is 15.0 Å². The van der Waals surface area contributed by atoms with Gasteiger partial charge in [-0.3, -0.25) is 4.98 Å². The summed E-state index contributed by atoms with van der Waals surface area (Å²) in [6.45, 7) is 5.99. The van der Waals surface area contributed by atoms with Crippen LogP contribution >= 0.6 is 0 Å². The van der Waals surface area contributed by atoms with E-state index in [2.05, 4.69) is 26.8 Å². The Bertz CT molecular complexity index is 527. The molecule has 0 bridgehead atoms. The first-order chi connectivity index (χ1) is 9.22. The van der Waals surface area contributed by atoms with Gasteiger partial charge in [0.2, 0.25) is 5.95 Å². The molecule has 2 aromatic rings. The molecule has 0 saturated carbocycles. The molecule has 2 heterocycles. The summed E-state index contributed by atoms with van der Waals surface area (Å²) < 4.78 is 0. The van der Waals surface area contributed by atoms with Gasteiger partial charge in [-0.15, -0.1) is 0 Å². The number of nitrogens with two attached hydrogens (primary N) is 1. The number of hydrogen-bond acceptors (Lipinski definition) is 5. The Morgan fingerprint density at radius 2 is 2.05 bits per heavy atom. The van der Waals surface area contributed by atoms with Crippen molar-refractivity contribution in [3.8, 4) is 0 Å². The molecule has 100 valence electrons. The van der Waals surface area contributed by atoms with E-state index in [-0.39, 0.29) is 0 Å². The van der Waals surface area contributed by atoms with Crippen molar-refractivity contribution in [3.63, 3.8) is 0 Å². The molecule has 0 saturated heterocycles. The highest BCUT2D eigenvalue weighted by molar-refractivity contribution is 5.33. The van der Waals surface area contributed by atoms with Crippen LogP contribution in [0.5, 0.6) is 0 Å². The molecule has 5 heteroatoms. The lowest BCUT2D eigenvalue weighted by Crippen LogP contribution is -2.25. The average molecular weight is 257 g/mol. The Kier molecular flexibility index (Phi) is 4.41. The van der Waals surface area contributed by atoms with E-state index < -0.39 is 0 Å². The molecule has 0 unspecified atom stereocenters. The summed E-state index contributed by atoms with van der Waals surface area (Å²) in [6, 6.07) is 7.81. The molecule has 5 nitrogen and oxygen atoms in total. The number of anilines is 1. The van der Waals surface area contributed by atoms with Crippen LogP contribution < -0.4 is 10.6 Å². The highest BCUT2D eigenvalue weighted by Gasteiger charge is 2.10. The van der Waals surface area contributed by atoms with Crippen LogP contribution in [0.2, 0.25) is 0 Å². The van der Waals surface area contributed by atoms with E-state index in [9.17, 15) is 0 Å². The van der Waals surface area contributed by atoms with Gasteiger partial charge < -0.3 is 10.6 Å². The van der Waals surface area contributed by atoms with Gasteiger partial charge in [-0.1, -0.05) is 6.07 Å². The summed E-state index contributed by atoms with van der Waals surface area (Å²) in [5.41, 5.74) is 8.46. The van der Waals surface area contributed by atoms with Gasteiger partial charge in [0.05, 0.1) is 17.9 Å². The standard InChI is InChI=1S/C14H19N5/c1-3-19(10-12-6-4-5-7-16-12)14-17-11(2)8-13(9-15)18-14/h4-8H,3,9-10,15H2,1-2H3. The first-order valence-corrected chi connectivity index (χ1v) is 6.42. The minimum Gasteiger partial charge on any atom is -0.335 e. The van der Waals surface area contributed by atoms with Crippen molar-refractivity contribution in [1.29, 1.82) is 0 Å². The van der Waals surface area contributed by atoms with E-state index in [1.165, 1.54) is 0 Å². The van der Waals surface area contributed by atoms with E-state index in [0.717, 1.165) is 23.6 Å². The summed E-state index contributed by atoms with van der Waals surface area (Å²) >= 11 is 0. The van der Waals surface area contributed by atoms with Crippen LogP contribution in [-0.2, 0) is 13.1 Å². The topological polar surface area (TPSA) is 67.9 Å². The number of pyridine rings is 1. The largest absolute Gasteiger partial charge is 0.335 e. The second kappa shape index (κ2) is 6.24. The van der Waals surface area contributed by atoms with Crippen molar-refractivity contribution in [2.75, 3.05) is 11.4 Å². The highest BCUT2D eigenvalue weighted by Crippen LogP contribution is 2.12. The minimum absolute atomic E-state index is 0.428. The zero-order chi connectivity index (χ0) is 13.7. The number of aromatic nitrogens is 3. The molecule has 0 atom stereocenters. The number of hydrogen-bond donors (Lipinski definition) is 1. The van der Waals surface area contributed by atoms with Gasteiger partial charge in [0.1, 0.15) is 0 Å². The third kappa shape index (κ3) is 3.48. The fourth-order valence-electron chi connectivity index (χ4n) is 1.87. The van der Waals surface area contributed by atoms with Crippen LogP contribution in [0.4, 0.5) is 5.95 Å².